The molecule has 3 aromatic rings. The maximum Gasteiger partial charge on any atom is 0.286 e. The second-order valence-electron chi connectivity index (χ2n) is 8.71. The molecule has 1 aliphatic heterocycles. The maximum atomic E-state index is 13.6. The number of nitro benzene ring substituents is 2. The number of allylic oxidation sites excluding steroid dienone is 1. The molecule has 2 aromatic carbocycles. The molecule has 1 fully saturated rings. The lowest BCUT2D eigenvalue weighted by Gasteiger charge is -2.29. The van der Waals surface area contributed by atoms with Crippen molar-refractivity contribution in [2.75, 3.05) is 0 Å². The summed E-state index contributed by atoms with van der Waals surface area (Å²) in [5.74, 6) is -0.336. The quantitative estimate of drug-likeness (QED) is 0.324. The van der Waals surface area contributed by atoms with E-state index in [1.807, 2.05) is 6.08 Å². The van der Waals surface area contributed by atoms with Crippen molar-refractivity contribution in [3.8, 4) is 0 Å². The van der Waals surface area contributed by atoms with Gasteiger partial charge in [-0.2, -0.15) is 5.10 Å². The number of nitrogens with zero attached hydrogens (tertiary/aromatic N) is 5. The first kappa shape index (κ1) is 23.5. The minimum atomic E-state index is -0.449. The Morgan fingerprint density at radius 2 is 1.69 bits per heavy atom. The van der Waals surface area contributed by atoms with E-state index in [2.05, 4.69) is 4.98 Å². The number of nitro groups is 2. The van der Waals surface area contributed by atoms with E-state index in [9.17, 15) is 25.0 Å². The van der Waals surface area contributed by atoms with Crippen molar-refractivity contribution in [1.29, 1.82) is 0 Å². The minimum absolute atomic E-state index is 0.0172. The summed E-state index contributed by atoms with van der Waals surface area (Å²) >= 11 is 1.26. The van der Waals surface area contributed by atoms with E-state index in [1.165, 1.54) is 40.6 Å². The summed E-state index contributed by atoms with van der Waals surface area (Å²) in [5, 5.41) is 28.5. The second-order valence-corrected chi connectivity index (χ2v) is 9.57. The number of carbonyl (C=O) groups is 1. The average molecular weight is 504 g/mol. The van der Waals surface area contributed by atoms with Gasteiger partial charge in [0.1, 0.15) is 4.88 Å². The van der Waals surface area contributed by atoms with Crippen LogP contribution in [0, 0.1) is 33.1 Å². The summed E-state index contributed by atoms with van der Waals surface area (Å²) in [5.41, 5.74) is 5.62. The van der Waals surface area contributed by atoms with Crippen molar-refractivity contribution in [1.82, 2.24) is 9.99 Å². The molecule has 1 saturated carbocycles. The minimum Gasteiger partial charge on any atom is -0.266 e. The molecule has 11 heteroatoms. The van der Waals surface area contributed by atoms with Crippen LogP contribution in [-0.4, -0.2) is 31.5 Å². The second kappa shape index (κ2) is 9.42. The molecule has 5 rings (SSSR count). The molecule has 10 nitrogen and oxygen atoms in total. The molecular formula is C25H21N5O5S. The maximum absolute atomic E-state index is 13.6. The van der Waals surface area contributed by atoms with Gasteiger partial charge in [0, 0.05) is 30.2 Å². The van der Waals surface area contributed by atoms with Gasteiger partial charge in [0.25, 0.3) is 17.3 Å². The zero-order chi connectivity index (χ0) is 25.4. The highest BCUT2D eigenvalue weighted by molar-refractivity contribution is 7.11. The molecule has 0 bridgehead atoms. The zero-order valence-corrected chi connectivity index (χ0v) is 20.1. The fourth-order valence-electron chi connectivity index (χ4n) is 4.80. The van der Waals surface area contributed by atoms with Crippen molar-refractivity contribution in [3.05, 3.63) is 102 Å². The highest BCUT2D eigenvalue weighted by atomic mass is 32.1. The lowest BCUT2D eigenvalue weighted by Crippen LogP contribution is -2.31. The first-order valence-electron chi connectivity index (χ1n) is 11.4. The molecule has 182 valence electrons. The molecule has 0 N–H and O–H groups in total. The van der Waals surface area contributed by atoms with E-state index in [0.29, 0.717) is 10.6 Å². The Labute approximate surface area is 209 Å². The van der Waals surface area contributed by atoms with E-state index < -0.39 is 15.9 Å². The van der Waals surface area contributed by atoms with Crippen molar-refractivity contribution in [3.63, 3.8) is 0 Å². The molecule has 2 aliphatic rings. The SMILES string of the molecule is Cc1ncsc1C(=O)N1N=C2/C(=C\c3ccc([N+](=O)[O-])cc3)CCC[C@@H]2[C@@H]1c1ccc([N+](=O)[O-])cc1. The summed E-state index contributed by atoms with van der Waals surface area (Å²) in [7, 11) is 0. The van der Waals surface area contributed by atoms with Crippen molar-refractivity contribution in [2.45, 2.75) is 32.2 Å². The largest absolute Gasteiger partial charge is 0.286 e. The van der Waals surface area contributed by atoms with Gasteiger partial charge in [0.15, 0.2) is 0 Å². The summed E-state index contributed by atoms with van der Waals surface area (Å²) in [6.45, 7) is 1.78. The third-order valence-corrected chi connectivity index (χ3v) is 7.46. The smallest absolute Gasteiger partial charge is 0.266 e. The van der Waals surface area contributed by atoms with Crippen molar-refractivity contribution < 1.29 is 14.6 Å². The van der Waals surface area contributed by atoms with Crippen LogP contribution in [0.2, 0.25) is 0 Å². The molecule has 1 amide bonds. The van der Waals surface area contributed by atoms with Gasteiger partial charge >= 0.3 is 0 Å². The first-order chi connectivity index (χ1) is 17.3. The molecule has 0 spiro atoms. The van der Waals surface area contributed by atoms with E-state index >= 15 is 0 Å². The Bertz CT molecular complexity index is 1410. The van der Waals surface area contributed by atoms with Gasteiger partial charge in [-0.15, -0.1) is 11.3 Å². The number of fused-ring (bicyclic) bond motifs is 1. The van der Waals surface area contributed by atoms with E-state index in [4.69, 9.17) is 5.10 Å². The number of thiazole rings is 1. The highest BCUT2D eigenvalue weighted by Gasteiger charge is 2.44. The molecule has 0 saturated heterocycles. The summed E-state index contributed by atoms with van der Waals surface area (Å²) in [6, 6.07) is 12.2. The number of amides is 1. The summed E-state index contributed by atoms with van der Waals surface area (Å²) in [4.78, 5) is 39.6. The van der Waals surface area contributed by atoms with Crippen LogP contribution in [0.1, 0.15) is 51.8 Å². The number of rotatable bonds is 5. The number of carbonyl (C=O) groups excluding carboxylic acids is 1. The van der Waals surface area contributed by atoms with E-state index in [0.717, 1.165) is 41.7 Å². The Morgan fingerprint density at radius 3 is 2.28 bits per heavy atom. The zero-order valence-electron chi connectivity index (χ0n) is 19.2. The van der Waals surface area contributed by atoms with Crippen LogP contribution in [0.3, 0.4) is 0 Å². The lowest BCUT2D eigenvalue weighted by molar-refractivity contribution is -0.385. The van der Waals surface area contributed by atoms with Crippen LogP contribution in [0.4, 0.5) is 11.4 Å². The molecule has 0 radical (unpaired) electrons. The number of benzene rings is 2. The Morgan fingerprint density at radius 1 is 1.06 bits per heavy atom. The lowest BCUT2D eigenvalue weighted by atomic mass is 9.77. The monoisotopic (exact) mass is 503 g/mol. The van der Waals surface area contributed by atoms with Gasteiger partial charge in [0.05, 0.1) is 32.8 Å². The van der Waals surface area contributed by atoms with Crippen LogP contribution in [-0.2, 0) is 0 Å². The molecular weight excluding hydrogens is 482 g/mol. The van der Waals surface area contributed by atoms with Gasteiger partial charge in [-0.3, -0.25) is 25.0 Å². The van der Waals surface area contributed by atoms with Gasteiger partial charge < -0.3 is 0 Å². The molecule has 36 heavy (non-hydrogen) atoms. The number of hydrogen-bond donors (Lipinski definition) is 0. The predicted octanol–water partition coefficient (Wildman–Crippen LogP) is 5.70. The Hall–Kier alpha value is -4.25. The van der Waals surface area contributed by atoms with Crippen molar-refractivity contribution >= 4 is 40.4 Å². The van der Waals surface area contributed by atoms with Crippen LogP contribution >= 0.6 is 11.3 Å². The molecule has 0 unspecified atom stereocenters. The number of hydrogen-bond acceptors (Lipinski definition) is 8. The Balaban J connectivity index is 1.55. The first-order valence-corrected chi connectivity index (χ1v) is 12.2. The fraction of sp³-hybridized carbons (Fsp3) is 0.240. The highest BCUT2D eigenvalue weighted by Crippen LogP contribution is 2.45. The number of aromatic nitrogens is 1. The number of non-ortho nitro benzene ring substituents is 2. The molecule has 1 aromatic heterocycles. The molecule has 1 aliphatic carbocycles. The van der Waals surface area contributed by atoms with E-state index in [1.54, 1.807) is 36.7 Å². The normalized spacial score (nSPS) is 20.2. The van der Waals surface area contributed by atoms with Crippen LogP contribution < -0.4 is 0 Å². The van der Waals surface area contributed by atoms with Crippen LogP contribution in [0.25, 0.3) is 6.08 Å². The van der Waals surface area contributed by atoms with Crippen LogP contribution in [0.5, 0.6) is 0 Å². The number of aryl methyl sites for hydroxylation is 1. The summed E-state index contributed by atoms with van der Waals surface area (Å²) < 4.78 is 0. The summed E-state index contributed by atoms with van der Waals surface area (Å²) in [6.07, 6.45) is 4.42. The van der Waals surface area contributed by atoms with Gasteiger partial charge in [0.2, 0.25) is 0 Å². The van der Waals surface area contributed by atoms with Gasteiger partial charge in [-0.05, 0) is 61.1 Å². The number of hydrazone groups is 1. The van der Waals surface area contributed by atoms with Crippen molar-refractivity contribution in [2.24, 2.45) is 11.0 Å². The third-order valence-electron chi connectivity index (χ3n) is 6.54. The molecule has 2 heterocycles. The fourth-order valence-corrected chi connectivity index (χ4v) is 5.53. The van der Waals surface area contributed by atoms with Crippen LogP contribution in [0.15, 0.2) is 64.7 Å². The van der Waals surface area contributed by atoms with E-state index in [-0.39, 0.29) is 23.2 Å². The Kier molecular flexibility index (Phi) is 6.15. The average Bonchev–Trinajstić information content (AvgIpc) is 3.48. The van der Waals surface area contributed by atoms with Gasteiger partial charge in [-0.1, -0.05) is 12.1 Å². The molecule has 2 atom stereocenters. The third kappa shape index (κ3) is 4.29. The standard InChI is InChI=1S/C25H21N5O5S/c1-15-24(36-14-26-15)25(31)28-23(17-7-11-20(12-8-17)30(34)35)21-4-2-3-18(22(21)27-28)13-16-5-9-19(10-6-16)29(32)33/h5-14,21,23H,2-4H2,1H3/b18-13-/t21-,23-/m0/s1. The predicted molar refractivity (Wildman–Crippen MR) is 135 cm³/mol. The van der Waals surface area contributed by atoms with Gasteiger partial charge in [-0.25, -0.2) is 9.99 Å². The topological polar surface area (TPSA) is 132 Å².